The van der Waals surface area contributed by atoms with Gasteiger partial charge in [0.25, 0.3) is 5.91 Å². The van der Waals surface area contributed by atoms with E-state index in [1.807, 2.05) is 18.2 Å². The first-order valence-electron chi connectivity index (χ1n) is 8.82. The second-order valence-corrected chi connectivity index (χ2v) is 7.38. The van der Waals surface area contributed by atoms with Crippen LogP contribution < -0.4 is 5.32 Å². The minimum absolute atomic E-state index is 0.0239. The molecular formula is C19H28N2O2. The van der Waals surface area contributed by atoms with Gasteiger partial charge >= 0.3 is 0 Å². The van der Waals surface area contributed by atoms with E-state index in [-0.39, 0.29) is 11.3 Å². The summed E-state index contributed by atoms with van der Waals surface area (Å²) >= 11 is 0. The van der Waals surface area contributed by atoms with Crippen LogP contribution in [-0.2, 0) is 11.3 Å². The summed E-state index contributed by atoms with van der Waals surface area (Å²) in [6, 6.07) is 8.07. The summed E-state index contributed by atoms with van der Waals surface area (Å²) < 4.78 is 5.23. The zero-order chi connectivity index (χ0) is 16.1. The standard InChI is InChI=1S/C19H28N2O2/c1-19(14-23-15-19)13-20-18(22)17-8-6-7-16(11-17)12-21-9-4-2-3-5-10-21/h6-8,11H,2-5,9-10,12-15H2,1H3,(H,20,22). The monoisotopic (exact) mass is 316 g/mol. The van der Waals surface area contributed by atoms with Crippen molar-refractivity contribution in [2.45, 2.75) is 39.2 Å². The lowest BCUT2D eigenvalue weighted by Gasteiger charge is -2.38. The van der Waals surface area contributed by atoms with Crippen molar-refractivity contribution in [1.29, 1.82) is 0 Å². The highest BCUT2D eigenvalue weighted by Gasteiger charge is 2.33. The van der Waals surface area contributed by atoms with Crippen LogP contribution in [0.15, 0.2) is 24.3 Å². The van der Waals surface area contributed by atoms with Gasteiger partial charge in [-0.05, 0) is 43.6 Å². The minimum atomic E-state index is 0.0239. The molecule has 0 aromatic heterocycles. The molecule has 4 heteroatoms. The molecule has 4 nitrogen and oxygen atoms in total. The Morgan fingerprint density at radius 3 is 2.61 bits per heavy atom. The summed E-state index contributed by atoms with van der Waals surface area (Å²) in [4.78, 5) is 14.9. The molecule has 0 aliphatic carbocycles. The summed E-state index contributed by atoms with van der Waals surface area (Å²) in [5, 5.41) is 3.05. The highest BCUT2D eigenvalue weighted by molar-refractivity contribution is 5.94. The van der Waals surface area contributed by atoms with Gasteiger partial charge in [-0.1, -0.05) is 31.9 Å². The number of hydrogen-bond acceptors (Lipinski definition) is 3. The van der Waals surface area contributed by atoms with Crippen LogP contribution in [0.3, 0.4) is 0 Å². The first-order chi connectivity index (χ1) is 11.1. The maximum absolute atomic E-state index is 12.4. The first-order valence-corrected chi connectivity index (χ1v) is 8.82. The molecule has 3 rings (SSSR count). The van der Waals surface area contributed by atoms with Crippen molar-refractivity contribution in [2.75, 3.05) is 32.8 Å². The average Bonchev–Trinajstić information content (AvgIpc) is 2.80. The van der Waals surface area contributed by atoms with Crippen LogP contribution in [0.25, 0.3) is 0 Å². The SMILES string of the molecule is CC1(CNC(=O)c2cccc(CN3CCCCCC3)c2)COC1. The molecule has 1 aromatic rings. The molecule has 23 heavy (non-hydrogen) atoms. The Labute approximate surface area is 139 Å². The lowest BCUT2D eigenvalue weighted by atomic mass is 9.88. The molecule has 126 valence electrons. The van der Waals surface area contributed by atoms with Gasteiger partial charge in [0, 0.05) is 24.1 Å². The molecule has 2 aliphatic rings. The molecule has 2 aliphatic heterocycles. The number of carbonyl (C=O) groups is 1. The molecule has 1 amide bonds. The van der Waals surface area contributed by atoms with Crippen LogP contribution in [-0.4, -0.2) is 43.7 Å². The van der Waals surface area contributed by atoms with E-state index in [1.165, 1.54) is 44.3 Å². The normalized spacial score (nSPS) is 21.3. The van der Waals surface area contributed by atoms with Gasteiger partial charge in [-0.2, -0.15) is 0 Å². The largest absolute Gasteiger partial charge is 0.380 e. The van der Waals surface area contributed by atoms with Gasteiger partial charge in [0.15, 0.2) is 0 Å². The third-order valence-electron chi connectivity index (χ3n) is 4.87. The van der Waals surface area contributed by atoms with Crippen molar-refractivity contribution in [3.8, 4) is 0 Å². The average molecular weight is 316 g/mol. The number of rotatable bonds is 5. The van der Waals surface area contributed by atoms with E-state index in [2.05, 4.69) is 23.2 Å². The fourth-order valence-electron chi connectivity index (χ4n) is 3.31. The summed E-state index contributed by atoms with van der Waals surface area (Å²) in [7, 11) is 0. The number of hydrogen-bond donors (Lipinski definition) is 1. The van der Waals surface area contributed by atoms with E-state index in [9.17, 15) is 4.79 Å². The van der Waals surface area contributed by atoms with Crippen molar-refractivity contribution in [2.24, 2.45) is 5.41 Å². The Morgan fingerprint density at radius 2 is 1.96 bits per heavy atom. The number of nitrogens with one attached hydrogen (secondary N) is 1. The number of benzene rings is 1. The van der Waals surface area contributed by atoms with Gasteiger partial charge in [0.05, 0.1) is 13.2 Å². The molecule has 1 N–H and O–H groups in total. The molecule has 0 saturated carbocycles. The van der Waals surface area contributed by atoms with E-state index in [1.54, 1.807) is 0 Å². The van der Waals surface area contributed by atoms with Crippen molar-refractivity contribution < 1.29 is 9.53 Å². The first kappa shape index (κ1) is 16.5. The number of nitrogens with zero attached hydrogens (tertiary/aromatic N) is 1. The van der Waals surface area contributed by atoms with E-state index < -0.39 is 0 Å². The third-order valence-corrected chi connectivity index (χ3v) is 4.87. The van der Waals surface area contributed by atoms with Crippen LogP contribution in [0.1, 0.15) is 48.5 Å². The second-order valence-electron chi connectivity index (χ2n) is 7.38. The Kier molecular flexibility index (Phi) is 5.34. The lowest BCUT2D eigenvalue weighted by Crippen LogP contribution is -2.48. The Hall–Kier alpha value is -1.39. The molecule has 0 spiro atoms. The molecular weight excluding hydrogens is 288 g/mol. The van der Waals surface area contributed by atoms with Gasteiger partial charge in [0.1, 0.15) is 0 Å². The predicted octanol–water partition coefficient (Wildman–Crippen LogP) is 2.83. The van der Waals surface area contributed by atoms with Crippen LogP contribution in [0.4, 0.5) is 0 Å². The van der Waals surface area contributed by atoms with E-state index in [0.717, 1.165) is 25.3 Å². The van der Waals surface area contributed by atoms with Crippen LogP contribution in [0, 0.1) is 5.41 Å². The summed E-state index contributed by atoms with van der Waals surface area (Å²) in [6.45, 7) is 7.61. The van der Waals surface area contributed by atoms with Gasteiger partial charge < -0.3 is 10.1 Å². The fourth-order valence-corrected chi connectivity index (χ4v) is 3.31. The van der Waals surface area contributed by atoms with Gasteiger partial charge in [-0.15, -0.1) is 0 Å². The Morgan fingerprint density at radius 1 is 1.22 bits per heavy atom. The fraction of sp³-hybridized carbons (Fsp3) is 0.632. The van der Waals surface area contributed by atoms with Crippen molar-refractivity contribution in [3.63, 3.8) is 0 Å². The molecule has 1 aromatic carbocycles. The zero-order valence-electron chi connectivity index (χ0n) is 14.1. The number of amides is 1. The zero-order valence-corrected chi connectivity index (χ0v) is 14.1. The van der Waals surface area contributed by atoms with E-state index in [4.69, 9.17) is 4.74 Å². The maximum atomic E-state index is 12.4. The summed E-state index contributed by atoms with van der Waals surface area (Å²) in [6.07, 6.45) is 5.28. The highest BCUT2D eigenvalue weighted by atomic mass is 16.5. The third kappa shape index (κ3) is 4.55. The van der Waals surface area contributed by atoms with Crippen molar-refractivity contribution >= 4 is 5.91 Å². The van der Waals surface area contributed by atoms with Gasteiger partial charge in [-0.25, -0.2) is 0 Å². The molecule has 0 radical (unpaired) electrons. The minimum Gasteiger partial charge on any atom is -0.380 e. The Balaban J connectivity index is 1.56. The highest BCUT2D eigenvalue weighted by Crippen LogP contribution is 2.25. The summed E-state index contributed by atoms with van der Waals surface area (Å²) in [5.41, 5.74) is 2.11. The number of carbonyl (C=O) groups excluding carboxylic acids is 1. The molecule has 0 atom stereocenters. The quantitative estimate of drug-likeness (QED) is 0.908. The lowest BCUT2D eigenvalue weighted by molar-refractivity contribution is -0.0978. The van der Waals surface area contributed by atoms with E-state index >= 15 is 0 Å². The molecule has 0 unspecified atom stereocenters. The topological polar surface area (TPSA) is 41.6 Å². The van der Waals surface area contributed by atoms with Gasteiger partial charge in [-0.3, -0.25) is 9.69 Å². The molecule has 2 saturated heterocycles. The molecule has 0 bridgehead atoms. The van der Waals surface area contributed by atoms with Crippen molar-refractivity contribution in [1.82, 2.24) is 10.2 Å². The Bertz CT molecular complexity index is 532. The number of ether oxygens (including phenoxy) is 1. The molecule has 2 heterocycles. The van der Waals surface area contributed by atoms with Crippen LogP contribution in [0.5, 0.6) is 0 Å². The second kappa shape index (κ2) is 7.45. The maximum Gasteiger partial charge on any atom is 0.251 e. The van der Waals surface area contributed by atoms with Gasteiger partial charge in [0.2, 0.25) is 0 Å². The predicted molar refractivity (Wildman–Crippen MR) is 91.4 cm³/mol. The van der Waals surface area contributed by atoms with Crippen LogP contribution in [0.2, 0.25) is 0 Å². The smallest absolute Gasteiger partial charge is 0.251 e. The van der Waals surface area contributed by atoms with Crippen LogP contribution >= 0.6 is 0 Å². The molecule has 2 fully saturated rings. The number of likely N-dealkylation sites (tertiary alicyclic amines) is 1. The summed E-state index contributed by atoms with van der Waals surface area (Å²) in [5.74, 6) is 0.0239. The van der Waals surface area contributed by atoms with E-state index in [0.29, 0.717) is 6.54 Å². The van der Waals surface area contributed by atoms with Crippen molar-refractivity contribution in [3.05, 3.63) is 35.4 Å².